The molecule has 3 heterocycles. The lowest BCUT2D eigenvalue weighted by Gasteiger charge is -2.19. The molecule has 4 aromatic rings. The van der Waals surface area contributed by atoms with E-state index < -0.39 is 0 Å². The number of esters is 1. The Bertz CT molecular complexity index is 1890. The van der Waals surface area contributed by atoms with Crippen LogP contribution < -0.4 is 5.32 Å². The van der Waals surface area contributed by atoms with E-state index >= 15 is 0 Å². The molecule has 0 radical (unpaired) electrons. The number of rotatable bonds is 10. The van der Waals surface area contributed by atoms with Crippen molar-refractivity contribution < 1.29 is 23.5 Å². The molecular weight excluding hydrogens is 682 g/mol. The lowest BCUT2D eigenvalue weighted by Crippen LogP contribution is -2.25. The van der Waals surface area contributed by atoms with Crippen LogP contribution in [0.2, 0.25) is 5.02 Å². The number of aromatic nitrogens is 2. The Morgan fingerprint density at radius 2 is 1.80 bits per heavy atom. The van der Waals surface area contributed by atoms with Crippen molar-refractivity contribution in [2.75, 3.05) is 5.75 Å². The van der Waals surface area contributed by atoms with Crippen LogP contribution in [0.25, 0.3) is 0 Å². The van der Waals surface area contributed by atoms with Crippen LogP contribution in [0, 0.1) is 17.3 Å². The summed E-state index contributed by atoms with van der Waals surface area (Å²) in [5, 5.41) is 7.77. The lowest BCUT2D eigenvalue weighted by molar-refractivity contribution is -0.147. The van der Waals surface area contributed by atoms with Gasteiger partial charge >= 0.3 is 5.97 Å². The van der Waals surface area contributed by atoms with Crippen molar-refractivity contribution in [3.05, 3.63) is 123 Å². The molecule has 6 rings (SSSR count). The molecule has 2 aromatic heterocycles. The molecule has 1 amide bonds. The molecule has 2 aromatic carbocycles. The highest BCUT2D eigenvalue weighted by molar-refractivity contribution is 8.14. The van der Waals surface area contributed by atoms with E-state index in [9.17, 15) is 14.4 Å². The van der Waals surface area contributed by atoms with Gasteiger partial charge in [0.2, 0.25) is 5.12 Å². The highest BCUT2D eigenvalue weighted by Gasteiger charge is 2.61. The molecule has 2 fully saturated rings. The number of thioether (sulfide) groups is 1. The van der Waals surface area contributed by atoms with Crippen molar-refractivity contribution in [2.24, 2.45) is 24.3 Å². The van der Waals surface area contributed by atoms with Gasteiger partial charge in [0.15, 0.2) is 0 Å². The van der Waals surface area contributed by atoms with Gasteiger partial charge in [-0.15, -0.1) is 0 Å². The molecular formula is C41H48ClN3O5S. The Morgan fingerprint density at radius 3 is 2.41 bits per heavy atom. The van der Waals surface area contributed by atoms with E-state index in [-0.39, 0.29) is 46.3 Å². The third-order valence-corrected chi connectivity index (χ3v) is 10.9. The van der Waals surface area contributed by atoms with E-state index in [1.165, 1.54) is 22.9 Å². The summed E-state index contributed by atoms with van der Waals surface area (Å²) in [5.74, 6) is 1.19. The average Bonchev–Trinajstić information content (AvgIpc) is 3.52. The Kier molecular flexibility index (Phi) is 12.0. The molecule has 0 bridgehead atoms. The molecule has 1 N–H and O–H groups in total. The van der Waals surface area contributed by atoms with Gasteiger partial charge in [-0.25, -0.2) is 0 Å². The van der Waals surface area contributed by atoms with Gasteiger partial charge in [0.05, 0.1) is 22.9 Å². The fourth-order valence-corrected chi connectivity index (χ4v) is 7.55. The van der Waals surface area contributed by atoms with Crippen LogP contribution in [0.5, 0.6) is 0 Å². The van der Waals surface area contributed by atoms with E-state index in [4.69, 9.17) is 20.8 Å². The van der Waals surface area contributed by atoms with E-state index in [0.717, 1.165) is 40.3 Å². The van der Waals surface area contributed by atoms with Gasteiger partial charge < -0.3 is 14.5 Å². The monoisotopic (exact) mass is 729 g/mol. The fraction of sp³-hybridized carbons (Fsp3) is 0.415. The number of nitrogens with zero attached hydrogens (tertiary/aromatic N) is 2. The first-order valence-electron chi connectivity index (χ1n) is 17.4. The van der Waals surface area contributed by atoms with Crippen LogP contribution >= 0.6 is 23.4 Å². The second kappa shape index (κ2) is 16.1. The third-order valence-electron chi connectivity index (χ3n) is 9.60. The number of aryl methyl sites for hydroxylation is 2. The normalized spacial score (nSPS) is 18.7. The smallest absolute Gasteiger partial charge is 0.310 e. The topological polar surface area (TPSA) is 103 Å². The summed E-state index contributed by atoms with van der Waals surface area (Å²) in [7, 11) is 1.73. The first-order chi connectivity index (χ1) is 24.2. The van der Waals surface area contributed by atoms with Crippen LogP contribution in [-0.4, -0.2) is 32.5 Å². The van der Waals surface area contributed by atoms with E-state index in [0.29, 0.717) is 30.1 Å². The van der Waals surface area contributed by atoms with Crippen molar-refractivity contribution in [3.8, 4) is 0 Å². The first-order valence-corrected chi connectivity index (χ1v) is 18.8. The number of hydrogen-bond donors (Lipinski definition) is 1. The second-order valence-corrected chi connectivity index (χ2v) is 16.3. The van der Waals surface area contributed by atoms with Crippen molar-refractivity contribution in [1.82, 2.24) is 15.1 Å². The lowest BCUT2D eigenvalue weighted by atomic mass is 9.87. The molecule has 1 saturated heterocycles. The molecule has 0 unspecified atom stereocenters. The standard InChI is InChI=1S/C23H24O4S.C18H24ClN3O/c1-23(2)19(12-17-8-9-28-22(17)25)20(23)21(24)27-14-16-11-18(26-13-16)10-15-6-4-3-5-7-15;1-6-14-15(19)16(22(5)21-14)17(23)20-11-12-7-9-13(10-8-12)18(2,3)4/h3-7,11-13,19-20H,8-10,14H2,1-2H3;7-10H,6,11H2,1-5H3,(H,20,23)/b17-12+;/t19-,20-;/m1./s1. The van der Waals surface area contributed by atoms with Gasteiger partial charge in [0, 0.05) is 36.9 Å². The highest BCUT2D eigenvalue weighted by Crippen LogP contribution is 2.60. The zero-order valence-electron chi connectivity index (χ0n) is 30.5. The number of nitrogens with one attached hydrogen (secondary N) is 1. The maximum Gasteiger partial charge on any atom is 0.310 e. The van der Waals surface area contributed by atoms with Crippen LogP contribution in [0.15, 0.2) is 83.0 Å². The van der Waals surface area contributed by atoms with E-state index in [1.54, 1.807) is 18.0 Å². The maximum absolute atomic E-state index is 12.6. The van der Waals surface area contributed by atoms with Crippen molar-refractivity contribution in [1.29, 1.82) is 0 Å². The zero-order valence-corrected chi connectivity index (χ0v) is 32.1. The second-order valence-electron chi connectivity index (χ2n) is 14.8. The number of furan rings is 1. The van der Waals surface area contributed by atoms with Crippen molar-refractivity contribution in [3.63, 3.8) is 0 Å². The number of halogens is 1. The predicted octanol–water partition coefficient (Wildman–Crippen LogP) is 8.64. The number of ether oxygens (including phenoxy) is 1. The summed E-state index contributed by atoms with van der Waals surface area (Å²) in [6.45, 7) is 13.3. The van der Waals surface area contributed by atoms with E-state index in [1.807, 2.05) is 49.4 Å². The van der Waals surface area contributed by atoms with E-state index in [2.05, 4.69) is 69.3 Å². The molecule has 0 spiro atoms. The maximum atomic E-state index is 12.6. The van der Waals surface area contributed by atoms with Gasteiger partial charge in [-0.05, 0) is 52.3 Å². The minimum Gasteiger partial charge on any atom is -0.469 e. The van der Waals surface area contributed by atoms with Crippen molar-refractivity contribution >= 4 is 40.4 Å². The number of allylic oxidation sites excluding steroid dienone is 1. The van der Waals surface area contributed by atoms with Crippen molar-refractivity contribution in [2.45, 2.75) is 79.4 Å². The molecule has 10 heteroatoms. The first kappa shape index (κ1) is 38.2. The van der Waals surface area contributed by atoms with Gasteiger partial charge in [0.1, 0.15) is 18.1 Å². The molecule has 1 saturated carbocycles. The summed E-state index contributed by atoms with van der Waals surface area (Å²) < 4.78 is 12.7. The number of amides is 1. The SMILES string of the molecule is CC1(C)[C@H](/C=C2\CCSC2=O)[C@@H]1C(=O)OCc1coc(Cc2ccccc2)c1.CCc1nn(C)c(C(=O)NCc2ccc(C(C)(C)C)cc2)c1Cl. The van der Waals surface area contributed by atoms with Crippen LogP contribution in [0.3, 0.4) is 0 Å². The number of hydrogen-bond acceptors (Lipinski definition) is 7. The highest BCUT2D eigenvalue weighted by atomic mass is 35.5. The Labute approximate surface area is 310 Å². The van der Waals surface area contributed by atoms with Crippen LogP contribution in [-0.2, 0) is 52.8 Å². The molecule has 51 heavy (non-hydrogen) atoms. The average molecular weight is 730 g/mol. The molecule has 1 aliphatic heterocycles. The summed E-state index contributed by atoms with van der Waals surface area (Å²) in [5.41, 5.74) is 6.34. The van der Waals surface area contributed by atoms with Crippen LogP contribution in [0.4, 0.5) is 0 Å². The number of carbonyl (C=O) groups is 3. The third kappa shape index (κ3) is 9.43. The largest absolute Gasteiger partial charge is 0.469 e. The number of benzene rings is 2. The zero-order chi connectivity index (χ0) is 36.9. The summed E-state index contributed by atoms with van der Waals surface area (Å²) >= 11 is 7.59. The van der Waals surface area contributed by atoms with Crippen LogP contribution in [0.1, 0.15) is 92.2 Å². The molecule has 1 aliphatic carbocycles. The summed E-state index contributed by atoms with van der Waals surface area (Å²) in [6.07, 6.45) is 5.87. The Morgan fingerprint density at radius 1 is 1.10 bits per heavy atom. The minimum absolute atomic E-state index is 0.0793. The Balaban J connectivity index is 0.000000202. The Hall–Kier alpha value is -4.08. The molecule has 2 atom stereocenters. The summed E-state index contributed by atoms with van der Waals surface area (Å²) in [6, 6.07) is 20.3. The molecule has 2 aliphatic rings. The van der Waals surface area contributed by atoms with Gasteiger partial charge in [-0.3, -0.25) is 19.1 Å². The predicted molar refractivity (Wildman–Crippen MR) is 203 cm³/mol. The fourth-order valence-electron chi connectivity index (χ4n) is 6.31. The molecule has 8 nitrogen and oxygen atoms in total. The summed E-state index contributed by atoms with van der Waals surface area (Å²) in [4.78, 5) is 36.8. The van der Waals surface area contributed by atoms with Gasteiger partial charge in [-0.1, -0.05) is 126 Å². The minimum atomic E-state index is -0.204. The van der Waals surface area contributed by atoms with Gasteiger partial charge in [0.25, 0.3) is 5.91 Å². The number of carbonyl (C=O) groups excluding carboxylic acids is 3. The molecule has 270 valence electrons. The quantitative estimate of drug-likeness (QED) is 0.129. The van der Waals surface area contributed by atoms with Gasteiger partial charge in [-0.2, -0.15) is 5.10 Å².